The molecule has 0 saturated heterocycles. The molecule has 7 heteroatoms. The second-order valence-electron chi connectivity index (χ2n) is 4.37. The number of nitrogen functional groups attached to an aromatic ring is 1. The molecule has 106 valence electrons. The molecule has 19 heavy (non-hydrogen) atoms. The predicted molar refractivity (Wildman–Crippen MR) is 68.0 cm³/mol. The average molecular weight is 293 g/mol. The SMILES string of the molecule is CC(C)C(Sc1ccc(C(F)(F)F)cc1N)C(=O)O. The van der Waals surface area contributed by atoms with Crippen LogP contribution in [0.2, 0.25) is 0 Å². The number of carboxylic acid groups (broad SMARTS) is 1. The lowest BCUT2D eigenvalue weighted by molar-refractivity contribution is -0.138. The van der Waals surface area contributed by atoms with E-state index < -0.39 is 23.0 Å². The van der Waals surface area contributed by atoms with Crippen LogP contribution in [0.3, 0.4) is 0 Å². The number of aliphatic carboxylic acids is 1. The fourth-order valence-electron chi connectivity index (χ4n) is 1.44. The predicted octanol–water partition coefficient (Wildman–Crippen LogP) is 3.49. The second kappa shape index (κ2) is 5.73. The minimum Gasteiger partial charge on any atom is -0.480 e. The van der Waals surface area contributed by atoms with Gasteiger partial charge in [0.1, 0.15) is 5.25 Å². The molecule has 0 saturated carbocycles. The van der Waals surface area contributed by atoms with Crippen LogP contribution in [0.25, 0.3) is 0 Å². The van der Waals surface area contributed by atoms with Crippen LogP contribution in [-0.4, -0.2) is 16.3 Å². The molecule has 1 aromatic rings. The van der Waals surface area contributed by atoms with Gasteiger partial charge in [0, 0.05) is 10.6 Å². The quantitative estimate of drug-likeness (QED) is 0.659. The number of benzene rings is 1. The first-order valence-corrected chi connectivity index (χ1v) is 6.37. The zero-order valence-corrected chi connectivity index (χ0v) is 11.2. The monoisotopic (exact) mass is 293 g/mol. The first-order chi connectivity index (χ1) is 8.62. The maximum Gasteiger partial charge on any atom is 0.416 e. The fraction of sp³-hybridized carbons (Fsp3) is 0.417. The molecular weight excluding hydrogens is 279 g/mol. The van der Waals surface area contributed by atoms with Crippen molar-refractivity contribution in [1.82, 2.24) is 0 Å². The Morgan fingerprint density at radius 1 is 1.37 bits per heavy atom. The van der Waals surface area contributed by atoms with Crippen molar-refractivity contribution in [3.63, 3.8) is 0 Å². The summed E-state index contributed by atoms with van der Waals surface area (Å²) in [6, 6.07) is 2.93. The van der Waals surface area contributed by atoms with Crippen molar-refractivity contribution in [2.75, 3.05) is 5.73 Å². The molecule has 0 spiro atoms. The molecule has 0 aliphatic carbocycles. The Hall–Kier alpha value is -1.37. The van der Waals surface area contributed by atoms with Gasteiger partial charge in [-0.05, 0) is 24.1 Å². The van der Waals surface area contributed by atoms with Crippen molar-refractivity contribution in [2.45, 2.75) is 30.2 Å². The second-order valence-corrected chi connectivity index (χ2v) is 5.55. The first kappa shape index (κ1) is 15.7. The van der Waals surface area contributed by atoms with Gasteiger partial charge in [-0.1, -0.05) is 13.8 Å². The van der Waals surface area contributed by atoms with Crippen LogP contribution < -0.4 is 5.73 Å². The van der Waals surface area contributed by atoms with E-state index in [0.29, 0.717) is 4.90 Å². The van der Waals surface area contributed by atoms with Gasteiger partial charge in [-0.15, -0.1) is 11.8 Å². The van der Waals surface area contributed by atoms with Gasteiger partial charge in [-0.2, -0.15) is 13.2 Å². The molecule has 0 aliphatic rings. The molecule has 0 amide bonds. The number of carbonyl (C=O) groups is 1. The van der Waals surface area contributed by atoms with E-state index in [1.165, 1.54) is 6.07 Å². The Bertz CT molecular complexity index is 475. The fourth-order valence-corrected chi connectivity index (χ4v) is 2.43. The summed E-state index contributed by atoms with van der Waals surface area (Å²) in [7, 11) is 0. The van der Waals surface area contributed by atoms with Crippen LogP contribution in [0.15, 0.2) is 23.1 Å². The number of alkyl halides is 3. The Kier molecular flexibility index (Phi) is 4.73. The molecule has 3 nitrogen and oxygen atoms in total. The molecule has 3 N–H and O–H groups in total. The summed E-state index contributed by atoms with van der Waals surface area (Å²) in [5.41, 5.74) is 4.65. The van der Waals surface area contributed by atoms with Crippen LogP contribution in [0.1, 0.15) is 19.4 Å². The molecule has 0 fully saturated rings. The molecule has 0 aliphatic heterocycles. The number of anilines is 1. The molecule has 1 unspecified atom stereocenters. The summed E-state index contributed by atoms with van der Waals surface area (Å²) in [4.78, 5) is 11.4. The van der Waals surface area contributed by atoms with E-state index in [0.717, 1.165) is 23.9 Å². The van der Waals surface area contributed by atoms with Crippen molar-refractivity contribution in [3.05, 3.63) is 23.8 Å². The van der Waals surface area contributed by atoms with Gasteiger partial charge in [0.25, 0.3) is 0 Å². The summed E-state index contributed by atoms with van der Waals surface area (Å²) in [6.45, 7) is 3.46. The number of hydrogen-bond donors (Lipinski definition) is 2. The normalized spacial score (nSPS) is 13.6. The van der Waals surface area contributed by atoms with Crippen molar-refractivity contribution in [3.8, 4) is 0 Å². The van der Waals surface area contributed by atoms with Gasteiger partial charge >= 0.3 is 12.1 Å². The van der Waals surface area contributed by atoms with Gasteiger partial charge in [-0.25, -0.2) is 0 Å². The van der Waals surface area contributed by atoms with Crippen molar-refractivity contribution < 1.29 is 23.1 Å². The van der Waals surface area contributed by atoms with E-state index in [4.69, 9.17) is 10.8 Å². The number of rotatable bonds is 4. The van der Waals surface area contributed by atoms with Crippen LogP contribution in [-0.2, 0) is 11.0 Å². The van der Waals surface area contributed by atoms with Gasteiger partial charge < -0.3 is 10.8 Å². The first-order valence-electron chi connectivity index (χ1n) is 5.49. The van der Waals surface area contributed by atoms with E-state index in [2.05, 4.69) is 0 Å². The molecule has 1 atom stereocenters. The third-order valence-corrected chi connectivity index (χ3v) is 4.07. The lowest BCUT2D eigenvalue weighted by Crippen LogP contribution is -2.22. The lowest BCUT2D eigenvalue weighted by atomic mass is 10.1. The summed E-state index contributed by atoms with van der Waals surface area (Å²) in [5, 5.41) is 8.29. The van der Waals surface area contributed by atoms with E-state index >= 15 is 0 Å². The number of hydrogen-bond acceptors (Lipinski definition) is 3. The standard InChI is InChI=1S/C12H14F3NO2S/c1-6(2)10(11(17)18)19-9-4-3-7(5-8(9)16)12(13,14)15/h3-6,10H,16H2,1-2H3,(H,17,18). The van der Waals surface area contributed by atoms with Gasteiger partial charge in [0.2, 0.25) is 0 Å². The maximum atomic E-state index is 12.5. The van der Waals surface area contributed by atoms with Crippen LogP contribution in [0.5, 0.6) is 0 Å². The topological polar surface area (TPSA) is 63.3 Å². The third-order valence-electron chi connectivity index (χ3n) is 2.44. The zero-order chi connectivity index (χ0) is 14.8. The number of nitrogens with two attached hydrogens (primary N) is 1. The van der Waals surface area contributed by atoms with Crippen LogP contribution in [0, 0.1) is 5.92 Å². The highest BCUT2D eigenvalue weighted by Crippen LogP contribution is 2.37. The third kappa shape index (κ3) is 4.05. The summed E-state index contributed by atoms with van der Waals surface area (Å²) in [6.07, 6.45) is -4.46. The lowest BCUT2D eigenvalue weighted by Gasteiger charge is -2.17. The summed E-state index contributed by atoms with van der Waals surface area (Å²) >= 11 is 0.959. The number of carboxylic acids is 1. The largest absolute Gasteiger partial charge is 0.480 e. The molecule has 1 aromatic carbocycles. The van der Waals surface area contributed by atoms with Crippen molar-refractivity contribution in [2.24, 2.45) is 5.92 Å². The van der Waals surface area contributed by atoms with E-state index in [9.17, 15) is 18.0 Å². The molecule has 0 heterocycles. The Labute approximate surface area is 113 Å². The van der Waals surface area contributed by atoms with Crippen LogP contribution >= 0.6 is 11.8 Å². The minimum atomic E-state index is -4.46. The Balaban J connectivity index is 3.00. The number of thioether (sulfide) groups is 1. The highest BCUT2D eigenvalue weighted by molar-refractivity contribution is 8.00. The highest BCUT2D eigenvalue weighted by Gasteiger charge is 2.31. The molecule has 0 bridgehead atoms. The van der Waals surface area contributed by atoms with Gasteiger partial charge in [-0.3, -0.25) is 4.79 Å². The minimum absolute atomic E-state index is 0.0632. The maximum absolute atomic E-state index is 12.5. The van der Waals surface area contributed by atoms with E-state index in [-0.39, 0.29) is 11.6 Å². The highest BCUT2D eigenvalue weighted by atomic mass is 32.2. The molecule has 0 aromatic heterocycles. The summed E-state index contributed by atoms with van der Waals surface area (Å²) < 4.78 is 37.4. The van der Waals surface area contributed by atoms with E-state index in [1.54, 1.807) is 13.8 Å². The Morgan fingerprint density at radius 3 is 2.32 bits per heavy atom. The van der Waals surface area contributed by atoms with Gasteiger partial charge in [0.15, 0.2) is 0 Å². The average Bonchev–Trinajstić information content (AvgIpc) is 2.24. The van der Waals surface area contributed by atoms with Gasteiger partial charge in [0.05, 0.1) is 5.56 Å². The molecule has 1 rings (SSSR count). The van der Waals surface area contributed by atoms with E-state index in [1.807, 2.05) is 0 Å². The zero-order valence-electron chi connectivity index (χ0n) is 10.4. The van der Waals surface area contributed by atoms with Crippen molar-refractivity contribution >= 4 is 23.4 Å². The van der Waals surface area contributed by atoms with Crippen molar-refractivity contribution in [1.29, 1.82) is 0 Å². The molecule has 0 radical (unpaired) electrons. The smallest absolute Gasteiger partial charge is 0.416 e. The van der Waals surface area contributed by atoms with Crippen LogP contribution in [0.4, 0.5) is 18.9 Å². The number of halogens is 3. The Morgan fingerprint density at radius 2 is 1.95 bits per heavy atom. The summed E-state index contributed by atoms with van der Waals surface area (Å²) in [5.74, 6) is -1.18. The molecular formula is C12H14F3NO2S.